The maximum Gasteiger partial charge on any atom is 0.358 e. The predicted molar refractivity (Wildman–Crippen MR) is 131 cm³/mol. The van der Waals surface area contributed by atoms with E-state index in [1.165, 1.54) is 18.9 Å². The number of oxime groups is 1. The van der Waals surface area contributed by atoms with E-state index in [0.717, 1.165) is 18.3 Å². The number of fused-ring (bicyclic) bond motifs is 1. The first-order valence-corrected chi connectivity index (χ1v) is 13.8. The Morgan fingerprint density at radius 1 is 1.16 bits per heavy atom. The van der Waals surface area contributed by atoms with Gasteiger partial charge in [0, 0.05) is 12.9 Å². The van der Waals surface area contributed by atoms with Crippen molar-refractivity contribution in [1.82, 2.24) is 10.2 Å². The van der Waals surface area contributed by atoms with E-state index >= 15 is 0 Å². The molecule has 0 aromatic rings. The van der Waals surface area contributed by atoms with Crippen molar-refractivity contribution in [2.45, 2.75) is 32.2 Å². The first-order valence-electron chi connectivity index (χ1n) is 10.9. The number of hydrogen-bond acceptors (Lipinski definition) is 14. The number of Topliss-reactive ketones (excluding diaryl/α,β-unsaturated/α-hetero) is 1. The third kappa shape index (κ3) is 7.75. The minimum Gasteiger partial charge on any atom is -0.427 e. The lowest BCUT2D eigenvalue weighted by Gasteiger charge is -2.49. The Morgan fingerprint density at radius 2 is 1.82 bits per heavy atom. The highest BCUT2D eigenvalue weighted by atomic mass is 32.2. The van der Waals surface area contributed by atoms with E-state index in [9.17, 15) is 32.4 Å². The molecule has 1 saturated heterocycles. The van der Waals surface area contributed by atoms with Gasteiger partial charge in [-0.15, -0.1) is 11.8 Å². The number of ether oxygens (including phenoxy) is 3. The molecule has 212 valence electrons. The molecule has 2 aliphatic heterocycles. The molecule has 0 radical (unpaired) electrons. The Bertz CT molecular complexity index is 1160. The molecule has 0 saturated carbocycles. The smallest absolute Gasteiger partial charge is 0.358 e. The van der Waals surface area contributed by atoms with Crippen molar-refractivity contribution in [2.24, 2.45) is 10.6 Å². The van der Waals surface area contributed by atoms with Crippen LogP contribution in [0, 0.1) is 5.41 Å². The van der Waals surface area contributed by atoms with E-state index in [4.69, 9.17) is 14.2 Å². The zero-order valence-corrected chi connectivity index (χ0v) is 23.2. The Balaban J connectivity index is 2.15. The van der Waals surface area contributed by atoms with E-state index in [-0.39, 0.29) is 18.1 Å². The molecule has 0 aromatic heterocycles. The van der Waals surface area contributed by atoms with E-state index in [1.54, 1.807) is 20.8 Å². The Labute approximate surface area is 223 Å². The molecule has 0 bridgehead atoms. The highest BCUT2D eigenvalue weighted by Gasteiger charge is 2.55. The molecule has 1 N–H and O–H groups in total. The number of thioether (sulfide) groups is 1. The highest BCUT2D eigenvalue weighted by Crippen LogP contribution is 2.40. The molecule has 0 aromatic carbocycles. The van der Waals surface area contributed by atoms with Gasteiger partial charge in [0.15, 0.2) is 0 Å². The summed E-state index contributed by atoms with van der Waals surface area (Å²) in [6.07, 6.45) is 0.720. The zero-order chi connectivity index (χ0) is 28.8. The van der Waals surface area contributed by atoms with E-state index < -0.39 is 75.6 Å². The molecule has 1 fully saturated rings. The lowest BCUT2D eigenvalue weighted by Crippen LogP contribution is -2.71. The number of nitrogens with one attached hydrogen (secondary N) is 1. The Hall–Kier alpha value is -3.02. The third-order valence-electron chi connectivity index (χ3n) is 4.90. The van der Waals surface area contributed by atoms with Crippen LogP contribution in [0.4, 0.5) is 0 Å². The molecular weight excluding hydrogens is 550 g/mol. The highest BCUT2D eigenvalue weighted by molar-refractivity contribution is 8.00. The summed E-state index contributed by atoms with van der Waals surface area (Å²) in [7, 11) is -1.51. The summed E-state index contributed by atoms with van der Waals surface area (Å²) in [5.74, 6) is -4.21. The fourth-order valence-corrected chi connectivity index (χ4v) is 4.78. The molecule has 2 amide bonds. The molecule has 2 heterocycles. The monoisotopic (exact) mass is 579 g/mol. The molecule has 15 nitrogen and oxygen atoms in total. The van der Waals surface area contributed by atoms with Gasteiger partial charge in [-0.25, -0.2) is 4.79 Å². The van der Waals surface area contributed by atoms with Crippen molar-refractivity contribution < 1.29 is 55.6 Å². The summed E-state index contributed by atoms with van der Waals surface area (Å²) in [4.78, 5) is 68.3. The van der Waals surface area contributed by atoms with E-state index in [0.29, 0.717) is 5.57 Å². The maximum absolute atomic E-state index is 13.0. The fourth-order valence-electron chi connectivity index (χ4n) is 3.13. The second-order valence-electron chi connectivity index (χ2n) is 8.99. The summed E-state index contributed by atoms with van der Waals surface area (Å²) in [5.41, 5.74) is -1.31. The molecule has 17 heteroatoms. The second-order valence-corrected chi connectivity index (χ2v) is 11.7. The number of rotatable bonds is 12. The number of methoxy groups -OCH3 is 1. The van der Waals surface area contributed by atoms with Gasteiger partial charge in [-0.05, 0) is 26.3 Å². The van der Waals surface area contributed by atoms with Gasteiger partial charge in [-0.2, -0.15) is 8.42 Å². The fraction of sp³-hybridized carbons (Fsp3) is 0.619. The first kappa shape index (κ1) is 31.2. The van der Waals surface area contributed by atoms with Gasteiger partial charge in [-0.1, -0.05) is 5.16 Å². The van der Waals surface area contributed by atoms with Gasteiger partial charge in [0.25, 0.3) is 21.9 Å². The molecule has 2 atom stereocenters. The lowest BCUT2D eigenvalue weighted by atomic mass is 9.98. The van der Waals surface area contributed by atoms with Crippen LogP contribution < -0.4 is 5.32 Å². The van der Waals surface area contributed by atoms with Gasteiger partial charge in [-0.3, -0.25) is 28.3 Å². The van der Waals surface area contributed by atoms with Crippen molar-refractivity contribution >= 4 is 57.1 Å². The normalized spacial score (nSPS) is 19.8. The van der Waals surface area contributed by atoms with Gasteiger partial charge < -0.3 is 24.4 Å². The van der Waals surface area contributed by atoms with Crippen molar-refractivity contribution in [3.05, 3.63) is 11.3 Å². The molecule has 38 heavy (non-hydrogen) atoms. The van der Waals surface area contributed by atoms with Crippen LogP contribution in [0.2, 0.25) is 0 Å². The topological polar surface area (TPSA) is 193 Å². The van der Waals surface area contributed by atoms with Crippen LogP contribution in [-0.2, 0) is 57.3 Å². The summed E-state index contributed by atoms with van der Waals surface area (Å²) in [5, 5.41) is 4.91. The van der Waals surface area contributed by atoms with E-state index in [2.05, 4.69) is 19.5 Å². The van der Waals surface area contributed by atoms with Crippen LogP contribution in [0.15, 0.2) is 16.4 Å². The standard InChI is InChI=1S/C21H29N3O12S2/c1-21(2,3)20(29)35-10-34-19(28)15-11(7-32-4)9-37-18-14(17(27)24(15)18)22-16(26)13(23-33-5)12(25)8-36-38(6,30)31/h14,18H,7-10H2,1-6H3,(H,22,26)/t14?,18-/m0/s1. The number of amides is 2. The number of nitrogens with zero attached hydrogens (tertiary/aromatic N) is 2. The first-order chi connectivity index (χ1) is 17.6. The molecular formula is C21H29N3O12S2. The van der Waals surface area contributed by atoms with Crippen LogP contribution >= 0.6 is 11.8 Å². The number of carbonyl (C=O) groups excluding carboxylic acids is 5. The molecule has 0 aliphatic carbocycles. The Kier molecular flexibility index (Phi) is 10.4. The molecule has 0 spiro atoms. The number of ketones is 1. The van der Waals surface area contributed by atoms with Crippen LogP contribution in [0.25, 0.3) is 0 Å². The van der Waals surface area contributed by atoms with Crippen LogP contribution in [0.1, 0.15) is 20.8 Å². The quantitative estimate of drug-likeness (QED) is 0.0559. The second kappa shape index (κ2) is 12.7. The summed E-state index contributed by atoms with van der Waals surface area (Å²) in [6.45, 7) is 3.21. The Morgan fingerprint density at radius 3 is 2.37 bits per heavy atom. The van der Waals surface area contributed by atoms with Crippen molar-refractivity contribution in [3.63, 3.8) is 0 Å². The van der Waals surface area contributed by atoms with Crippen LogP contribution in [-0.4, -0.2) is 106 Å². The SMILES string of the molecule is COCC1=C(C(=O)OCOC(=O)C(C)(C)C)N2C(=O)C(NC(=O)C(=NOC)C(=O)COS(C)(=O)=O)[C@@H]2SC1. The molecule has 2 aliphatic rings. The minimum absolute atomic E-state index is 0.00617. The number of esters is 2. The van der Waals surface area contributed by atoms with Crippen molar-refractivity contribution in [3.8, 4) is 0 Å². The summed E-state index contributed by atoms with van der Waals surface area (Å²) < 4.78 is 41.8. The predicted octanol–water partition coefficient (Wildman–Crippen LogP) is -1.08. The van der Waals surface area contributed by atoms with E-state index in [1.807, 2.05) is 0 Å². The molecule has 2 rings (SSSR count). The van der Waals surface area contributed by atoms with Crippen LogP contribution in [0.3, 0.4) is 0 Å². The lowest BCUT2D eigenvalue weighted by molar-refractivity contribution is -0.173. The number of carbonyl (C=O) groups is 5. The van der Waals surface area contributed by atoms with Gasteiger partial charge in [0.1, 0.15) is 30.8 Å². The summed E-state index contributed by atoms with van der Waals surface area (Å²) in [6, 6.07) is -1.16. The van der Waals surface area contributed by atoms with Gasteiger partial charge in [0.2, 0.25) is 18.3 Å². The average Bonchev–Trinajstić information content (AvgIpc) is 2.82. The van der Waals surface area contributed by atoms with Crippen molar-refractivity contribution in [1.29, 1.82) is 0 Å². The van der Waals surface area contributed by atoms with Crippen LogP contribution in [0.5, 0.6) is 0 Å². The van der Waals surface area contributed by atoms with Gasteiger partial charge >= 0.3 is 11.9 Å². The average molecular weight is 580 g/mol. The number of β-lactam (4-membered cyclic amide) rings is 1. The van der Waals surface area contributed by atoms with Crippen molar-refractivity contribution in [2.75, 3.05) is 46.2 Å². The summed E-state index contributed by atoms with van der Waals surface area (Å²) >= 11 is 1.21. The largest absolute Gasteiger partial charge is 0.427 e. The maximum atomic E-state index is 13.0. The molecule has 1 unspecified atom stereocenters. The minimum atomic E-state index is -3.98. The zero-order valence-electron chi connectivity index (χ0n) is 21.6. The third-order valence-corrected chi connectivity index (χ3v) is 6.79. The van der Waals surface area contributed by atoms with Gasteiger partial charge in [0.05, 0.1) is 18.3 Å². The number of hydrogen-bond donors (Lipinski definition) is 1.